The molecule has 0 unspecified atom stereocenters. The Morgan fingerprint density at radius 2 is 1.79 bits per heavy atom. The molecule has 1 aromatic rings. The number of rotatable bonds is 6. The van der Waals surface area contributed by atoms with Gasteiger partial charge in [-0.2, -0.15) is 0 Å². The van der Waals surface area contributed by atoms with Crippen molar-refractivity contribution < 1.29 is 19.1 Å². The van der Waals surface area contributed by atoms with Crippen molar-refractivity contribution in [1.82, 2.24) is 10.2 Å². The van der Waals surface area contributed by atoms with Crippen molar-refractivity contribution in [2.45, 2.75) is 45.8 Å². The second-order valence-corrected chi connectivity index (χ2v) is 6.85. The highest BCUT2D eigenvalue weighted by Crippen LogP contribution is 2.12. The number of amides is 2. The maximum absolute atomic E-state index is 12.3. The SMILES string of the molecule is COc1ccc(CC(=O)N(C)C[C@H](C)NC(=O)OC(C)(C)C)cc1. The molecular formula is C18H28N2O4. The third-order valence-electron chi connectivity index (χ3n) is 3.25. The first-order valence-electron chi connectivity index (χ1n) is 7.97. The quantitative estimate of drug-likeness (QED) is 0.867. The van der Waals surface area contributed by atoms with E-state index >= 15 is 0 Å². The summed E-state index contributed by atoms with van der Waals surface area (Å²) in [7, 11) is 3.33. The summed E-state index contributed by atoms with van der Waals surface area (Å²) in [4.78, 5) is 25.6. The normalized spacial score (nSPS) is 12.2. The molecule has 0 fully saturated rings. The Labute approximate surface area is 144 Å². The van der Waals surface area contributed by atoms with E-state index < -0.39 is 11.7 Å². The van der Waals surface area contributed by atoms with Gasteiger partial charge in [0, 0.05) is 19.6 Å². The van der Waals surface area contributed by atoms with Gasteiger partial charge in [-0.05, 0) is 45.4 Å². The van der Waals surface area contributed by atoms with Gasteiger partial charge < -0.3 is 19.7 Å². The molecule has 0 saturated heterocycles. The summed E-state index contributed by atoms with van der Waals surface area (Å²) >= 11 is 0. The molecule has 0 aliphatic rings. The zero-order valence-electron chi connectivity index (χ0n) is 15.4. The van der Waals surface area contributed by atoms with E-state index in [4.69, 9.17) is 9.47 Å². The highest BCUT2D eigenvalue weighted by molar-refractivity contribution is 5.78. The Morgan fingerprint density at radius 3 is 2.29 bits per heavy atom. The molecule has 1 rings (SSSR count). The standard InChI is InChI=1S/C18H28N2O4/c1-13(19-17(22)24-18(2,3)4)12-20(5)16(21)11-14-7-9-15(23-6)10-8-14/h7-10,13H,11-12H2,1-6H3,(H,19,22)/t13-/m0/s1. The second-order valence-electron chi connectivity index (χ2n) is 6.85. The number of hydrogen-bond donors (Lipinski definition) is 1. The Kier molecular flexibility index (Phi) is 7.07. The summed E-state index contributed by atoms with van der Waals surface area (Å²) < 4.78 is 10.3. The fraction of sp³-hybridized carbons (Fsp3) is 0.556. The van der Waals surface area contributed by atoms with E-state index in [0.717, 1.165) is 11.3 Å². The van der Waals surface area contributed by atoms with Crippen molar-refractivity contribution in [3.05, 3.63) is 29.8 Å². The molecular weight excluding hydrogens is 308 g/mol. The van der Waals surface area contributed by atoms with E-state index in [1.54, 1.807) is 19.1 Å². The lowest BCUT2D eigenvalue weighted by Gasteiger charge is -2.25. The molecule has 0 radical (unpaired) electrons. The number of carbonyl (C=O) groups excluding carboxylic acids is 2. The number of methoxy groups -OCH3 is 1. The first-order valence-corrected chi connectivity index (χ1v) is 7.97. The Bertz CT molecular complexity index is 549. The van der Waals surface area contributed by atoms with Crippen molar-refractivity contribution in [1.29, 1.82) is 0 Å². The molecule has 1 aromatic carbocycles. The minimum atomic E-state index is -0.542. The van der Waals surface area contributed by atoms with E-state index in [1.165, 1.54) is 0 Å². The van der Waals surface area contributed by atoms with Crippen LogP contribution in [0.5, 0.6) is 5.75 Å². The lowest BCUT2D eigenvalue weighted by atomic mass is 10.1. The number of nitrogens with zero attached hydrogens (tertiary/aromatic N) is 1. The van der Waals surface area contributed by atoms with Gasteiger partial charge in [0.1, 0.15) is 11.4 Å². The van der Waals surface area contributed by atoms with Crippen LogP contribution in [-0.2, 0) is 16.0 Å². The van der Waals surface area contributed by atoms with Crippen LogP contribution in [0, 0.1) is 0 Å². The number of carbonyl (C=O) groups is 2. The minimum Gasteiger partial charge on any atom is -0.497 e. The fourth-order valence-corrected chi connectivity index (χ4v) is 2.12. The summed E-state index contributed by atoms with van der Waals surface area (Å²) in [5.41, 5.74) is 0.375. The summed E-state index contributed by atoms with van der Waals surface area (Å²) in [6.45, 7) is 7.67. The van der Waals surface area contributed by atoms with Crippen LogP contribution in [0.2, 0.25) is 0 Å². The zero-order chi connectivity index (χ0) is 18.3. The molecule has 6 nitrogen and oxygen atoms in total. The van der Waals surface area contributed by atoms with Crippen LogP contribution in [0.15, 0.2) is 24.3 Å². The van der Waals surface area contributed by atoms with E-state index in [-0.39, 0.29) is 11.9 Å². The van der Waals surface area contributed by atoms with E-state index in [2.05, 4.69) is 5.32 Å². The molecule has 0 aliphatic heterocycles. The van der Waals surface area contributed by atoms with Crippen LogP contribution in [0.1, 0.15) is 33.3 Å². The van der Waals surface area contributed by atoms with Crippen molar-refractivity contribution in [2.24, 2.45) is 0 Å². The van der Waals surface area contributed by atoms with Crippen molar-refractivity contribution in [3.63, 3.8) is 0 Å². The highest BCUT2D eigenvalue weighted by atomic mass is 16.6. The average molecular weight is 336 g/mol. The molecule has 24 heavy (non-hydrogen) atoms. The number of benzene rings is 1. The van der Waals surface area contributed by atoms with Gasteiger partial charge in [-0.25, -0.2) is 4.79 Å². The van der Waals surface area contributed by atoms with E-state index in [9.17, 15) is 9.59 Å². The van der Waals surface area contributed by atoms with Gasteiger partial charge in [0.15, 0.2) is 0 Å². The lowest BCUT2D eigenvalue weighted by molar-refractivity contribution is -0.129. The van der Waals surface area contributed by atoms with Crippen molar-refractivity contribution in [3.8, 4) is 5.75 Å². The maximum atomic E-state index is 12.3. The molecule has 2 amide bonds. The monoisotopic (exact) mass is 336 g/mol. The lowest BCUT2D eigenvalue weighted by Crippen LogP contribution is -2.44. The smallest absolute Gasteiger partial charge is 0.407 e. The highest BCUT2D eigenvalue weighted by Gasteiger charge is 2.19. The van der Waals surface area contributed by atoms with Gasteiger partial charge in [-0.15, -0.1) is 0 Å². The van der Waals surface area contributed by atoms with E-state index in [1.807, 2.05) is 52.0 Å². The number of nitrogens with one attached hydrogen (secondary N) is 1. The summed E-state index contributed by atoms with van der Waals surface area (Å²) in [6.07, 6.45) is -0.175. The molecule has 0 aromatic heterocycles. The van der Waals surface area contributed by atoms with Gasteiger partial charge in [-0.1, -0.05) is 12.1 Å². The summed E-state index contributed by atoms with van der Waals surface area (Å²) in [5, 5.41) is 2.73. The summed E-state index contributed by atoms with van der Waals surface area (Å²) in [6, 6.07) is 7.19. The Balaban J connectivity index is 2.46. The molecule has 1 atom stereocenters. The molecule has 1 N–H and O–H groups in total. The molecule has 0 heterocycles. The predicted molar refractivity (Wildman–Crippen MR) is 93.2 cm³/mol. The van der Waals surface area contributed by atoms with Crippen LogP contribution < -0.4 is 10.1 Å². The average Bonchev–Trinajstić information content (AvgIpc) is 2.45. The van der Waals surface area contributed by atoms with Crippen LogP contribution >= 0.6 is 0 Å². The molecule has 0 bridgehead atoms. The van der Waals surface area contributed by atoms with Crippen LogP contribution in [0.3, 0.4) is 0 Å². The molecule has 0 spiro atoms. The van der Waals surface area contributed by atoms with Crippen molar-refractivity contribution in [2.75, 3.05) is 20.7 Å². The van der Waals surface area contributed by atoms with Gasteiger partial charge in [-0.3, -0.25) is 4.79 Å². The number of alkyl carbamates (subject to hydrolysis) is 1. The molecule has 0 saturated carbocycles. The third-order valence-corrected chi connectivity index (χ3v) is 3.25. The van der Waals surface area contributed by atoms with E-state index in [0.29, 0.717) is 13.0 Å². The van der Waals surface area contributed by atoms with Gasteiger partial charge in [0.2, 0.25) is 5.91 Å². The van der Waals surface area contributed by atoms with Gasteiger partial charge in [0.25, 0.3) is 0 Å². The molecule has 0 aliphatic carbocycles. The predicted octanol–water partition coefficient (Wildman–Crippen LogP) is 2.61. The Morgan fingerprint density at radius 1 is 1.21 bits per heavy atom. The number of hydrogen-bond acceptors (Lipinski definition) is 4. The summed E-state index contributed by atoms with van der Waals surface area (Å²) in [5.74, 6) is 0.743. The third kappa shape index (κ3) is 7.35. The fourth-order valence-electron chi connectivity index (χ4n) is 2.12. The topological polar surface area (TPSA) is 67.9 Å². The second kappa shape index (κ2) is 8.57. The first kappa shape index (κ1) is 19.8. The Hall–Kier alpha value is -2.24. The largest absolute Gasteiger partial charge is 0.497 e. The molecule has 6 heteroatoms. The zero-order valence-corrected chi connectivity index (χ0v) is 15.4. The van der Waals surface area contributed by atoms with Crippen molar-refractivity contribution >= 4 is 12.0 Å². The van der Waals surface area contributed by atoms with Crippen LogP contribution in [0.4, 0.5) is 4.79 Å². The van der Waals surface area contributed by atoms with Gasteiger partial charge in [0.05, 0.1) is 13.5 Å². The maximum Gasteiger partial charge on any atom is 0.407 e. The first-order chi connectivity index (χ1) is 11.1. The van der Waals surface area contributed by atoms with Crippen LogP contribution in [0.25, 0.3) is 0 Å². The van der Waals surface area contributed by atoms with Gasteiger partial charge >= 0.3 is 6.09 Å². The van der Waals surface area contributed by atoms with Crippen LogP contribution in [-0.4, -0.2) is 49.2 Å². The minimum absolute atomic E-state index is 0.0157. The number of ether oxygens (including phenoxy) is 2. The number of likely N-dealkylation sites (N-methyl/N-ethyl adjacent to an activating group) is 1. The molecule has 134 valence electrons.